The quantitative estimate of drug-likeness (QED) is 0.373. The Bertz CT molecular complexity index is 1120. The van der Waals surface area contributed by atoms with Crippen molar-refractivity contribution in [3.8, 4) is 11.6 Å². The second-order valence-electron chi connectivity index (χ2n) is 6.43. The Labute approximate surface area is 184 Å². The number of carbonyl (C=O) groups is 1. The van der Waals surface area contributed by atoms with Crippen LogP contribution in [-0.4, -0.2) is 20.9 Å². The van der Waals surface area contributed by atoms with Gasteiger partial charge in [-0.15, -0.1) is 0 Å². The van der Waals surface area contributed by atoms with Gasteiger partial charge in [-0.2, -0.15) is 17.6 Å². The van der Waals surface area contributed by atoms with Crippen molar-refractivity contribution in [1.82, 2.24) is 15.0 Å². The first-order valence-corrected chi connectivity index (χ1v) is 9.68. The summed E-state index contributed by atoms with van der Waals surface area (Å²) in [5.41, 5.74) is -0.733. The number of alkyl halides is 3. The zero-order valence-corrected chi connectivity index (χ0v) is 18.1. The molecule has 0 aliphatic rings. The minimum Gasteiger partial charge on any atom is -0.436 e. The molecule has 0 aliphatic carbocycles. The largest absolute Gasteiger partial charge is 0.436 e. The van der Waals surface area contributed by atoms with E-state index in [2.05, 4.69) is 20.3 Å². The Hall–Kier alpha value is -3.56. The highest BCUT2D eigenvalue weighted by Crippen LogP contribution is 2.36. The molecule has 0 fully saturated rings. The van der Waals surface area contributed by atoms with Crippen LogP contribution >= 0.6 is 0 Å². The smallest absolute Gasteiger partial charge is 0.418 e. The van der Waals surface area contributed by atoms with Gasteiger partial charge in [0.2, 0.25) is 11.8 Å². The molecule has 0 radical (unpaired) electrons. The molecule has 0 aliphatic heterocycles. The first-order chi connectivity index (χ1) is 15.1. The van der Waals surface area contributed by atoms with E-state index in [0.29, 0.717) is 17.6 Å². The van der Waals surface area contributed by atoms with Crippen molar-refractivity contribution in [3.05, 3.63) is 70.7 Å². The maximum Gasteiger partial charge on any atom is 0.418 e. The number of carbonyl (C=O) groups excluding carboxylic acids is 1. The van der Waals surface area contributed by atoms with Crippen LogP contribution in [-0.2, 0) is 6.18 Å². The second-order valence-corrected chi connectivity index (χ2v) is 6.43. The van der Waals surface area contributed by atoms with Gasteiger partial charge >= 0.3 is 6.18 Å². The first-order valence-electron chi connectivity index (χ1n) is 9.68. The minimum absolute atomic E-state index is 0. The fraction of sp³-hybridized carbons (Fsp3) is 0.273. The molecule has 32 heavy (non-hydrogen) atoms. The van der Waals surface area contributed by atoms with E-state index in [1.807, 2.05) is 13.8 Å². The third kappa shape index (κ3) is 5.77. The molecular weight excluding hydrogens is 428 g/mol. The van der Waals surface area contributed by atoms with Gasteiger partial charge in [0.05, 0.1) is 11.3 Å². The van der Waals surface area contributed by atoms with Crippen LogP contribution in [0.25, 0.3) is 0 Å². The molecular formula is C22H24F4N4O2. The van der Waals surface area contributed by atoms with Gasteiger partial charge in [0, 0.05) is 25.2 Å². The van der Waals surface area contributed by atoms with Crippen LogP contribution < -0.4 is 10.1 Å². The van der Waals surface area contributed by atoms with Gasteiger partial charge in [-0.1, -0.05) is 13.8 Å². The number of hydrogen-bond donors (Lipinski definition) is 1. The first kappa shape index (κ1) is 24.7. The van der Waals surface area contributed by atoms with E-state index in [1.54, 1.807) is 13.0 Å². The molecule has 3 rings (SSSR count). The molecule has 0 atom stereocenters. The third-order valence-corrected chi connectivity index (χ3v) is 4.20. The molecule has 1 N–H and O–H groups in total. The average Bonchev–Trinajstić information content (AvgIpc) is 2.70. The zero-order chi connectivity index (χ0) is 24.1. The highest BCUT2D eigenvalue weighted by atomic mass is 19.4. The second kappa shape index (κ2) is 10.2. The van der Waals surface area contributed by atoms with Gasteiger partial charge in [-0.3, -0.25) is 9.78 Å². The highest BCUT2D eigenvalue weighted by molar-refractivity contribution is 6.07. The Morgan fingerprint density at radius 1 is 1.09 bits per heavy atom. The van der Waals surface area contributed by atoms with Crippen molar-refractivity contribution < 1.29 is 28.5 Å². The number of aryl methyl sites for hydroxylation is 2. The Balaban J connectivity index is 0.00000177. The summed E-state index contributed by atoms with van der Waals surface area (Å²) in [6.07, 6.45) is -2.68. The molecule has 3 aromatic rings. The third-order valence-electron chi connectivity index (χ3n) is 4.20. The van der Waals surface area contributed by atoms with Crippen LogP contribution in [0.4, 0.5) is 23.2 Å². The van der Waals surface area contributed by atoms with Gasteiger partial charge < -0.3 is 10.1 Å². The van der Waals surface area contributed by atoms with Crippen LogP contribution in [0.3, 0.4) is 0 Å². The zero-order valence-electron chi connectivity index (χ0n) is 18.1. The Morgan fingerprint density at radius 3 is 2.38 bits per heavy atom. The molecule has 172 valence electrons. The van der Waals surface area contributed by atoms with E-state index in [4.69, 9.17) is 4.74 Å². The van der Waals surface area contributed by atoms with Crippen molar-refractivity contribution >= 4 is 11.6 Å². The van der Waals surface area contributed by atoms with E-state index >= 15 is 0 Å². The lowest BCUT2D eigenvalue weighted by Crippen LogP contribution is -2.19. The van der Waals surface area contributed by atoms with Crippen LogP contribution in [0.2, 0.25) is 0 Å². The number of halogens is 4. The number of aromatic nitrogens is 3. The van der Waals surface area contributed by atoms with E-state index in [9.17, 15) is 22.4 Å². The maximum atomic E-state index is 13.4. The van der Waals surface area contributed by atoms with Crippen molar-refractivity contribution in [2.24, 2.45) is 0 Å². The van der Waals surface area contributed by atoms with Crippen LogP contribution in [0.1, 0.15) is 48.1 Å². The summed E-state index contributed by atoms with van der Waals surface area (Å²) >= 11 is 0. The molecule has 10 heteroatoms. The minimum atomic E-state index is -4.72. The van der Waals surface area contributed by atoms with E-state index in [1.165, 1.54) is 25.3 Å². The number of hydrogen-bond acceptors (Lipinski definition) is 5. The van der Waals surface area contributed by atoms with Gasteiger partial charge in [0.15, 0.2) is 5.75 Å². The lowest BCUT2D eigenvalue weighted by atomic mass is 10.0. The molecule has 3 heterocycles. The predicted molar refractivity (Wildman–Crippen MR) is 113 cm³/mol. The van der Waals surface area contributed by atoms with Gasteiger partial charge in [-0.05, 0) is 50.6 Å². The van der Waals surface area contributed by atoms with E-state index in [0.717, 1.165) is 13.0 Å². The van der Waals surface area contributed by atoms with Crippen LogP contribution in [0, 0.1) is 26.7 Å². The lowest BCUT2D eigenvalue weighted by Gasteiger charge is -2.17. The molecule has 0 spiro atoms. The topological polar surface area (TPSA) is 77.0 Å². The fourth-order valence-electron chi connectivity index (χ4n) is 2.76. The number of nitrogens with one attached hydrogen (secondary N) is 1. The van der Waals surface area contributed by atoms with Gasteiger partial charge in [0.1, 0.15) is 5.56 Å². The molecule has 1 amide bonds. The summed E-state index contributed by atoms with van der Waals surface area (Å²) < 4.78 is 58.9. The molecule has 0 bridgehead atoms. The molecule has 0 saturated carbocycles. The number of pyridine rings is 3. The summed E-state index contributed by atoms with van der Waals surface area (Å²) in [6, 6.07) is 5.33. The monoisotopic (exact) mass is 452 g/mol. The van der Waals surface area contributed by atoms with E-state index < -0.39 is 29.2 Å². The Kier molecular flexibility index (Phi) is 7.85. The lowest BCUT2D eigenvalue weighted by molar-refractivity contribution is -0.138. The SMILES string of the molecule is CC.Cc1cc(NC(=O)c2c(Oc3ccc(F)nc3C)ncc(C(F)(F)F)c2C)ccn1.[HH]. The van der Waals surface area contributed by atoms with Crippen LogP contribution in [0.15, 0.2) is 36.7 Å². The predicted octanol–water partition coefficient (Wildman–Crippen LogP) is 6.27. The average molecular weight is 452 g/mol. The van der Waals surface area contributed by atoms with E-state index in [-0.39, 0.29) is 24.3 Å². The normalized spacial score (nSPS) is 10.8. The number of nitrogens with zero attached hydrogens (tertiary/aromatic N) is 3. The van der Waals surface area contributed by atoms with Crippen LogP contribution in [0.5, 0.6) is 11.6 Å². The van der Waals surface area contributed by atoms with Crippen molar-refractivity contribution in [3.63, 3.8) is 0 Å². The van der Waals surface area contributed by atoms with Crippen molar-refractivity contribution in [2.75, 3.05) is 5.32 Å². The number of anilines is 1. The number of rotatable bonds is 4. The number of ether oxygens (including phenoxy) is 1. The van der Waals surface area contributed by atoms with Gasteiger partial charge in [0.25, 0.3) is 5.91 Å². The maximum absolute atomic E-state index is 13.4. The standard InChI is InChI=1S/C20H16F4N4O2.C2H6.H2/c1-10-8-13(6-7-25-10)28-18(29)17-11(2)14(20(22,23)24)9-26-19(17)30-15-4-5-16(21)27-12(15)3;1-2;/h4-9H,1-3H3,(H,25,28,29);1-2H3;1H. The highest BCUT2D eigenvalue weighted by Gasteiger charge is 2.36. The summed E-state index contributed by atoms with van der Waals surface area (Å²) in [6.45, 7) is 8.31. The van der Waals surface area contributed by atoms with Crippen molar-refractivity contribution in [2.45, 2.75) is 40.8 Å². The van der Waals surface area contributed by atoms with Crippen molar-refractivity contribution in [1.29, 1.82) is 0 Å². The molecule has 0 saturated heterocycles. The summed E-state index contributed by atoms with van der Waals surface area (Å²) in [5.74, 6) is -1.90. The molecule has 6 nitrogen and oxygen atoms in total. The molecule has 0 aromatic carbocycles. The summed E-state index contributed by atoms with van der Waals surface area (Å²) in [4.78, 5) is 24.2. The summed E-state index contributed by atoms with van der Waals surface area (Å²) in [5, 5.41) is 2.53. The van der Waals surface area contributed by atoms with Gasteiger partial charge in [-0.25, -0.2) is 9.97 Å². The number of amides is 1. The fourth-order valence-corrected chi connectivity index (χ4v) is 2.76. The molecule has 3 aromatic heterocycles. The molecule has 0 unspecified atom stereocenters. The summed E-state index contributed by atoms with van der Waals surface area (Å²) in [7, 11) is 0. The Morgan fingerprint density at radius 2 is 1.78 bits per heavy atom.